The summed E-state index contributed by atoms with van der Waals surface area (Å²) in [6.07, 6.45) is 0.0478. The molecule has 2 heterocycles. The van der Waals surface area contributed by atoms with Gasteiger partial charge in [0, 0.05) is 15.8 Å². The fraction of sp³-hybridized carbons (Fsp3) is 0.0667. The Kier molecular flexibility index (Phi) is 4.05. The summed E-state index contributed by atoms with van der Waals surface area (Å²) < 4.78 is 0. The molecular weight excluding hydrogens is 326 g/mol. The molecule has 0 saturated carbocycles. The highest BCUT2D eigenvalue weighted by Crippen LogP contribution is 2.35. The fourth-order valence-corrected chi connectivity index (χ4v) is 4.08. The summed E-state index contributed by atoms with van der Waals surface area (Å²) in [6, 6.07) is 11.3. The van der Waals surface area contributed by atoms with Gasteiger partial charge in [-0.05, 0) is 18.2 Å². The van der Waals surface area contributed by atoms with Gasteiger partial charge in [-0.2, -0.15) is 0 Å². The van der Waals surface area contributed by atoms with Crippen LogP contribution in [0.1, 0.15) is 4.88 Å². The molecule has 1 aromatic carbocycles. The van der Waals surface area contributed by atoms with Crippen LogP contribution in [0.2, 0.25) is 5.02 Å². The van der Waals surface area contributed by atoms with Gasteiger partial charge in [0.25, 0.3) is 0 Å². The molecule has 0 aliphatic rings. The van der Waals surface area contributed by atoms with Gasteiger partial charge in [-0.3, -0.25) is 4.79 Å². The van der Waals surface area contributed by atoms with E-state index in [0.717, 1.165) is 26.0 Å². The van der Waals surface area contributed by atoms with Crippen molar-refractivity contribution in [2.75, 3.05) is 0 Å². The Morgan fingerprint density at radius 3 is 2.81 bits per heavy atom. The van der Waals surface area contributed by atoms with Gasteiger partial charge in [0.15, 0.2) is 0 Å². The standard InChI is InChI=1S/C15H10ClNO2S2/c16-11-4-2-1-3-10(11)15-17-12(8-20-15)13-6-5-9(21-13)7-14(18)19/h1-6,8H,7H2,(H,18,19). The zero-order valence-electron chi connectivity index (χ0n) is 10.7. The second kappa shape index (κ2) is 5.97. The molecule has 6 heteroatoms. The minimum absolute atomic E-state index is 0.0478. The Labute approximate surface area is 134 Å². The Balaban J connectivity index is 1.90. The molecule has 2 aromatic heterocycles. The number of nitrogens with zero attached hydrogens (tertiary/aromatic N) is 1. The number of thiazole rings is 1. The van der Waals surface area contributed by atoms with Crippen LogP contribution in [-0.2, 0) is 11.2 Å². The first-order chi connectivity index (χ1) is 10.1. The van der Waals surface area contributed by atoms with E-state index in [1.807, 2.05) is 41.8 Å². The van der Waals surface area contributed by atoms with Crippen molar-refractivity contribution in [3.63, 3.8) is 0 Å². The van der Waals surface area contributed by atoms with Crippen molar-refractivity contribution < 1.29 is 9.90 Å². The van der Waals surface area contributed by atoms with Crippen LogP contribution in [0.3, 0.4) is 0 Å². The van der Waals surface area contributed by atoms with Crippen LogP contribution < -0.4 is 0 Å². The van der Waals surface area contributed by atoms with Gasteiger partial charge in [0.2, 0.25) is 0 Å². The van der Waals surface area contributed by atoms with Crippen LogP contribution in [0.5, 0.6) is 0 Å². The molecule has 0 fully saturated rings. The Hall–Kier alpha value is -1.69. The number of hydrogen-bond donors (Lipinski definition) is 1. The van der Waals surface area contributed by atoms with Crippen LogP contribution >= 0.6 is 34.3 Å². The van der Waals surface area contributed by atoms with E-state index < -0.39 is 5.97 Å². The number of aliphatic carboxylic acids is 1. The topological polar surface area (TPSA) is 50.2 Å². The molecule has 106 valence electrons. The molecule has 0 saturated heterocycles. The zero-order valence-corrected chi connectivity index (χ0v) is 13.1. The molecule has 1 N–H and O–H groups in total. The maximum atomic E-state index is 10.7. The number of thiophene rings is 1. The Morgan fingerprint density at radius 2 is 2.05 bits per heavy atom. The van der Waals surface area contributed by atoms with E-state index in [0.29, 0.717) is 5.02 Å². The van der Waals surface area contributed by atoms with E-state index in [9.17, 15) is 4.79 Å². The lowest BCUT2D eigenvalue weighted by Gasteiger charge is -1.98. The van der Waals surface area contributed by atoms with Gasteiger partial charge in [-0.1, -0.05) is 29.8 Å². The normalized spacial score (nSPS) is 10.7. The summed E-state index contributed by atoms with van der Waals surface area (Å²) in [7, 11) is 0. The minimum Gasteiger partial charge on any atom is -0.481 e. The van der Waals surface area contributed by atoms with Crippen LogP contribution in [0.4, 0.5) is 0 Å². The van der Waals surface area contributed by atoms with Crippen molar-refractivity contribution in [3.05, 3.63) is 51.7 Å². The molecule has 0 aliphatic heterocycles. The van der Waals surface area contributed by atoms with Gasteiger partial charge >= 0.3 is 5.97 Å². The lowest BCUT2D eigenvalue weighted by Crippen LogP contribution is -1.96. The molecular formula is C15H10ClNO2S2. The van der Waals surface area contributed by atoms with Crippen LogP contribution in [-0.4, -0.2) is 16.1 Å². The highest BCUT2D eigenvalue weighted by molar-refractivity contribution is 7.16. The van der Waals surface area contributed by atoms with E-state index >= 15 is 0 Å². The third-order valence-corrected chi connectivity index (χ3v) is 5.16. The van der Waals surface area contributed by atoms with Gasteiger partial charge in [-0.15, -0.1) is 22.7 Å². The molecule has 0 radical (unpaired) electrons. The number of halogens is 1. The SMILES string of the molecule is O=C(O)Cc1ccc(-c2csc(-c3ccccc3Cl)n2)s1. The molecule has 0 unspecified atom stereocenters. The van der Waals surface area contributed by atoms with Crippen molar-refractivity contribution >= 4 is 40.2 Å². The lowest BCUT2D eigenvalue weighted by atomic mass is 10.2. The fourth-order valence-electron chi connectivity index (χ4n) is 1.90. The van der Waals surface area contributed by atoms with Crippen LogP contribution in [0.25, 0.3) is 21.1 Å². The maximum Gasteiger partial charge on any atom is 0.308 e. The van der Waals surface area contributed by atoms with E-state index in [2.05, 4.69) is 4.98 Å². The number of carboxylic acids is 1. The maximum absolute atomic E-state index is 10.7. The molecule has 3 aromatic rings. The lowest BCUT2D eigenvalue weighted by molar-refractivity contribution is -0.136. The number of rotatable bonds is 4. The average Bonchev–Trinajstić information content (AvgIpc) is 3.07. The third kappa shape index (κ3) is 3.15. The molecule has 0 amide bonds. The Bertz CT molecular complexity index is 794. The number of carboxylic acid groups (broad SMARTS) is 1. The number of benzene rings is 1. The summed E-state index contributed by atoms with van der Waals surface area (Å²) in [5, 5.41) is 12.3. The summed E-state index contributed by atoms with van der Waals surface area (Å²) in [6.45, 7) is 0. The molecule has 3 rings (SSSR count). The Morgan fingerprint density at radius 1 is 1.24 bits per heavy atom. The van der Waals surface area contributed by atoms with Crippen molar-refractivity contribution in [1.82, 2.24) is 4.98 Å². The van der Waals surface area contributed by atoms with Crippen molar-refractivity contribution in [3.8, 4) is 21.1 Å². The van der Waals surface area contributed by atoms with Crippen LogP contribution in [0.15, 0.2) is 41.8 Å². The third-order valence-electron chi connectivity index (χ3n) is 2.85. The van der Waals surface area contributed by atoms with E-state index in [4.69, 9.17) is 16.7 Å². The first-order valence-electron chi connectivity index (χ1n) is 6.15. The summed E-state index contributed by atoms with van der Waals surface area (Å²) in [5.74, 6) is -0.821. The molecule has 0 spiro atoms. The van der Waals surface area contributed by atoms with E-state index in [-0.39, 0.29) is 6.42 Å². The molecule has 3 nitrogen and oxygen atoms in total. The molecule has 0 atom stereocenters. The van der Waals surface area contributed by atoms with Crippen molar-refractivity contribution in [2.24, 2.45) is 0 Å². The van der Waals surface area contributed by atoms with Crippen molar-refractivity contribution in [1.29, 1.82) is 0 Å². The zero-order chi connectivity index (χ0) is 14.8. The first-order valence-corrected chi connectivity index (χ1v) is 8.22. The number of hydrogen-bond acceptors (Lipinski definition) is 4. The first kappa shape index (κ1) is 14.3. The highest BCUT2D eigenvalue weighted by atomic mass is 35.5. The highest BCUT2D eigenvalue weighted by Gasteiger charge is 2.12. The van der Waals surface area contributed by atoms with E-state index in [1.54, 1.807) is 0 Å². The van der Waals surface area contributed by atoms with Gasteiger partial charge in [0.1, 0.15) is 5.01 Å². The minimum atomic E-state index is -0.821. The second-order valence-corrected chi connectivity index (χ2v) is 6.79. The van der Waals surface area contributed by atoms with Crippen LogP contribution in [0, 0.1) is 0 Å². The van der Waals surface area contributed by atoms with Gasteiger partial charge in [0.05, 0.1) is 22.0 Å². The summed E-state index contributed by atoms with van der Waals surface area (Å²) in [5.41, 5.74) is 1.77. The average molecular weight is 336 g/mol. The summed E-state index contributed by atoms with van der Waals surface area (Å²) >= 11 is 9.17. The van der Waals surface area contributed by atoms with E-state index in [1.165, 1.54) is 22.7 Å². The quantitative estimate of drug-likeness (QED) is 0.743. The predicted octanol–water partition coefficient (Wildman–Crippen LogP) is 4.82. The smallest absolute Gasteiger partial charge is 0.308 e. The number of aromatic nitrogens is 1. The molecule has 0 aliphatic carbocycles. The largest absolute Gasteiger partial charge is 0.481 e. The summed E-state index contributed by atoms with van der Waals surface area (Å²) in [4.78, 5) is 17.1. The van der Waals surface area contributed by atoms with Gasteiger partial charge in [-0.25, -0.2) is 4.98 Å². The molecule has 21 heavy (non-hydrogen) atoms. The monoisotopic (exact) mass is 335 g/mol. The molecule has 0 bridgehead atoms. The predicted molar refractivity (Wildman–Crippen MR) is 87.2 cm³/mol. The van der Waals surface area contributed by atoms with Crippen molar-refractivity contribution in [2.45, 2.75) is 6.42 Å². The number of carbonyl (C=O) groups is 1. The van der Waals surface area contributed by atoms with Gasteiger partial charge < -0.3 is 5.11 Å². The second-order valence-electron chi connectivity index (χ2n) is 4.35.